The molecule has 94 valence electrons. The number of ether oxygens (including phenoxy) is 1. The van der Waals surface area contributed by atoms with Crippen LogP contribution in [0, 0.1) is 0 Å². The Morgan fingerprint density at radius 2 is 2.24 bits per heavy atom. The Bertz CT molecular complexity index is 382. The normalized spacial score (nSPS) is 14.3. The first kappa shape index (κ1) is 13.6. The van der Waals surface area contributed by atoms with Gasteiger partial charge in [-0.05, 0) is 26.0 Å². The second-order valence-electron chi connectivity index (χ2n) is 3.93. The highest BCUT2D eigenvalue weighted by Gasteiger charge is 2.11. The van der Waals surface area contributed by atoms with E-state index in [1.54, 1.807) is 19.2 Å². The van der Waals surface area contributed by atoms with Crippen LogP contribution in [0.3, 0.4) is 0 Å². The molecule has 0 amide bonds. The zero-order chi connectivity index (χ0) is 12.8. The zero-order valence-corrected chi connectivity index (χ0v) is 10.3. The molecule has 1 aromatic heterocycles. The summed E-state index contributed by atoms with van der Waals surface area (Å²) in [7, 11) is 1.66. The highest BCUT2D eigenvalue weighted by Crippen LogP contribution is 2.02. The summed E-state index contributed by atoms with van der Waals surface area (Å²) in [4.78, 5) is 14.8. The lowest BCUT2D eigenvalue weighted by Crippen LogP contribution is -2.36. The largest absolute Gasteiger partial charge is 0.477 e. The standard InChI is InChI=1S/C12H18N2O3/c1-8(9(2)17-3)13-7-10-5-4-6-11(14-10)12(15)16/h4-6,8-9,13H,7H2,1-3H3,(H,15,16)/t8-,9-/m0/s1. The third-order valence-corrected chi connectivity index (χ3v) is 2.71. The van der Waals surface area contributed by atoms with Gasteiger partial charge in [0.05, 0.1) is 11.8 Å². The van der Waals surface area contributed by atoms with E-state index in [9.17, 15) is 4.79 Å². The van der Waals surface area contributed by atoms with Crippen molar-refractivity contribution in [3.63, 3.8) is 0 Å². The quantitative estimate of drug-likeness (QED) is 0.781. The number of carbonyl (C=O) groups is 1. The van der Waals surface area contributed by atoms with E-state index in [2.05, 4.69) is 10.3 Å². The van der Waals surface area contributed by atoms with Gasteiger partial charge in [0.15, 0.2) is 0 Å². The van der Waals surface area contributed by atoms with Crippen molar-refractivity contribution in [2.75, 3.05) is 7.11 Å². The van der Waals surface area contributed by atoms with Crippen molar-refractivity contribution in [2.24, 2.45) is 0 Å². The van der Waals surface area contributed by atoms with Gasteiger partial charge in [-0.1, -0.05) is 6.07 Å². The highest BCUT2D eigenvalue weighted by atomic mass is 16.5. The van der Waals surface area contributed by atoms with E-state index in [4.69, 9.17) is 9.84 Å². The molecule has 0 saturated heterocycles. The number of nitrogens with zero attached hydrogens (tertiary/aromatic N) is 1. The lowest BCUT2D eigenvalue weighted by Gasteiger charge is -2.19. The fourth-order valence-corrected chi connectivity index (χ4v) is 1.33. The number of aromatic carboxylic acids is 1. The molecule has 0 saturated carbocycles. The average Bonchev–Trinajstić information content (AvgIpc) is 2.35. The molecule has 0 radical (unpaired) electrons. The Balaban J connectivity index is 2.57. The lowest BCUT2D eigenvalue weighted by atomic mass is 10.2. The number of carboxylic acid groups (broad SMARTS) is 1. The van der Waals surface area contributed by atoms with Crippen LogP contribution in [0.15, 0.2) is 18.2 Å². The second kappa shape index (κ2) is 6.32. The molecule has 2 atom stereocenters. The Hall–Kier alpha value is -1.46. The van der Waals surface area contributed by atoms with E-state index in [1.807, 2.05) is 13.8 Å². The van der Waals surface area contributed by atoms with Gasteiger partial charge in [-0.25, -0.2) is 9.78 Å². The van der Waals surface area contributed by atoms with Crippen LogP contribution in [0.2, 0.25) is 0 Å². The molecule has 0 aromatic carbocycles. The Morgan fingerprint density at radius 3 is 2.82 bits per heavy atom. The number of hydrogen-bond acceptors (Lipinski definition) is 4. The van der Waals surface area contributed by atoms with Crippen LogP contribution in [0.5, 0.6) is 0 Å². The zero-order valence-electron chi connectivity index (χ0n) is 10.3. The molecule has 0 bridgehead atoms. The minimum Gasteiger partial charge on any atom is -0.477 e. The van der Waals surface area contributed by atoms with Crippen LogP contribution in [-0.2, 0) is 11.3 Å². The molecule has 1 rings (SSSR count). The molecule has 0 aliphatic rings. The maximum atomic E-state index is 10.7. The smallest absolute Gasteiger partial charge is 0.354 e. The first-order valence-corrected chi connectivity index (χ1v) is 5.50. The fraction of sp³-hybridized carbons (Fsp3) is 0.500. The summed E-state index contributed by atoms with van der Waals surface area (Å²) < 4.78 is 5.19. The van der Waals surface area contributed by atoms with Gasteiger partial charge in [-0.3, -0.25) is 0 Å². The molecule has 1 aromatic rings. The van der Waals surface area contributed by atoms with Gasteiger partial charge in [0.2, 0.25) is 0 Å². The van der Waals surface area contributed by atoms with Gasteiger partial charge in [-0.2, -0.15) is 0 Å². The summed E-state index contributed by atoms with van der Waals surface area (Å²) in [6.45, 7) is 4.50. The van der Waals surface area contributed by atoms with Gasteiger partial charge >= 0.3 is 5.97 Å². The second-order valence-corrected chi connectivity index (χ2v) is 3.93. The molecule has 0 fully saturated rings. The van der Waals surface area contributed by atoms with Gasteiger partial charge in [0.25, 0.3) is 0 Å². The third kappa shape index (κ3) is 4.13. The Labute approximate surface area is 101 Å². The number of aromatic nitrogens is 1. The summed E-state index contributed by atoms with van der Waals surface area (Å²) in [6, 6.07) is 5.14. The van der Waals surface area contributed by atoms with Gasteiger partial charge < -0.3 is 15.2 Å². The van der Waals surface area contributed by atoms with Crippen LogP contribution in [0.25, 0.3) is 0 Å². The predicted octanol–water partition coefficient (Wildman–Crippen LogP) is 1.29. The van der Waals surface area contributed by atoms with Crippen LogP contribution in [0.1, 0.15) is 30.0 Å². The maximum absolute atomic E-state index is 10.7. The van der Waals surface area contributed by atoms with Crippen molar-refractivity contribution in [3.8, 4) is 0 Å². The van der Waals surface area contributed by atoms with E-state index in [1.165, 1.54) is 6.07 Å². The summed E-state index contributed by atoms with van der Waals surface area (Å²) >= 11 is 0. The minimum atomic E-state index is -1.01. The number of rotatable bonds is 6. The van der Waals surface area contributed by atoms with Crippen LogP contribution >= 0.6 is 0 Å². The SMILES string of the molecule is CO[C@@H](C)[C@H](C)NCc1cccc(C(=O)O)n1. The molecule has 1 heterocycles. The number of hydrogen-bond donors (Lipinski definition) is 2. The molecule has 0 spiro atoms. The van der Waals surface area contributed by atoms with Crippen molar-refractivity contribution in [1.82, 2.24) is 10.3 Å². The van der Waals surface area contributed by atoms with Gasteiger partial charge in [0, 0.05) is 19.7 Å². The van der Waals surface area contributed by atoms with E-state index >= 15 is 0 Å². The molecular weight excluding hydrogens is 220 g/mol. The maximum Gasteiger partial charge on any atom is 0.354 e. The van der Waals surface area contributed by atoms with E-state index in [-0.39, 0.29) is 17.8 Å². The number of nitrogens with one attached hydrogen (secondary N) is 1. The molecule has 2 N–H and O–H groups in total. The topological polar surface area (TPSA) is 71.5 Å². The van der Waals surface area contributed by atoms with Crippen LogP contribution in [-0.4, -0.2) is 35.3 Å². The van der Waals surface area contributed by atoms with Crippen LogP contribution < -0.4 is 5.32 Å². The first-order chi connectivity index (χ1) is 8.04. The van der Waals surface area contributed by atoms with Crippen LogP contribution in [0.4, 0.5) is 0 Å². The Kier molecular flexibility index (Phi) is 5.06. The van der Waals surface area contributed by atoms with Crippen molar-refractivity contribution in [2.45, 2.75) is 32.5 Å². The first-order valence-electron chi connectivity index (χ1n) is 5.50. The molecule has 0 unspecified atom stereocenters. The predicted molar refractivity (Wildman–Crippen MR) is 64.0 cm³/mol. The molecular formula is C12H18N2O3. The molecule has 0 aliphatic heterocycles. The van der Waals surface area contributed by atoms with E-state index < -0.39 is 5.97 Å². The summed E-state index contributed by atoms with van der Waals surface area (Å²) in [5.74, 6) is -1.01. The van der Waals surface area contributed by atoms with Gasteiger partial charge in [-0.15, -0.1) is 0 Å². The van der Waals surface area contributed by atoms with E-state index in [0.29, 0.717) is 12.2 Å². The fourth-order valence-electron chi connectivity index (χ4n) is 1.33. The lowest BCUT2D eigenvalue weighted by molar-refractivity contribution is 0.0689. The molecule has 5 heteroatoms. The van der Waals surface area contributed by atoms with Crippen molar-refractivity contribution in [1.29, 1.82) is 0 Å². The van der Waals surface area contributed by atoms with Crippen molar-refractivity contribution < 1.29 is 14.6 Å². The summed E-state index contributed by atoms with van der Waals surface area (Å²) in [5, 5.41) is 12.0. The third-order valence-electron chi connectivity index (χ3n) is 2.71. The molecule has 0 aliphatic carbocycles. The highest BCUT2D eigenvalue weighted by molar-refractivity contribution is 5.85. The summed E-state index contributed by atoms with van der Waals surface area (Å²) in [6.07, 6.45) is 0.0951. The Morgan fingerprint density at radius 1 is 1.53 bits per heavy atom. The van der Waals surface area contributed by atoms with Crippen molar-refractivity contribution in [3.05, 3.63) is 29.6 Å². The number of carboxylic acids is 1. The van der Waals surface area contributed by atoms with E-state index in [0.717, 1.165) is 0 Å². The number of methoxy groups -OCH3 is 1. The average molecular weight is 238 g/mol. The van der Waals surface area contributed by atoms with Crippen molar-refractivity contribution >= 4 is 5.97 Å². The molecule has 17 heavy (non-hydrogen) atoms. The summed E-state index contributed by atoms with van der Waals surface area (Å²) in [5.41, 5.74) is 0.775. The molecule has 5 nitrogen and oxygen atoms in total. The number of pyridine rings is 1. The minimum absolute atomic E-state index is 0.0664. The monoisotopic (exact) mass is 238 g/mol. The van der Waals surface area contributed by atoms with Gasteiger partial charge in [0.1, 0.15) is 5.69 Å².